The zero-order valence-electron chi connectivity index (χ0n) is 15.0. The molecule has 0 bridgehead atoms. The molecule has 0 atom stereocenters. The Morgan fingerprint density at radius 1 is 1.15 bits per heavy atom. The van der Waals surface area contributed by atoms with Gasteiger partial charge in [0, 0.05) is 11.8 Å². The van der Waals surface area contributed by atoms with E-state index in [1.807, 2.05) is 21.1 Å². The zero-order valence-corrected chi connectivity index (χ0v) is 15.0. The van der Waals surface area contributed by atoms with Gasteiger partial charge in [-0.25, -0.2) is 4.79 Å². The average Bonchev–Trinajstić information content (AvgIpc) is 2.52. The Balaban J connectivity index is 2.36. The summed E-state index contributed by atoms with van der Waals surface area (Å²) in [4.78, 5) is 22.0. The van der Waals surface area contributed by atoms with Crippen LogP contribution >= 0.6 is 0 Å². The fourth-order valence-electron chi connectivity index (χ4n) is 2.58. The molecule has 0 heterocycles. The van der Waals surface area contributed by atoms with Gasteiger partial charge in [0.1, 0.15) is 6.54 Å². The van der Waals surface area contributed by atoms with Crippen molar-refractivity contribution in [1.29, 1.82) is 0 Å². The zero-order chi connectivity index (χ0) is 19.5. The van der Waals surface area contributed by atoms with E-state index >= 15 is 0 Å². The Labute approximate surface area is 151 Å². The molecule has 0 aliphatic carbocycles. The van der Waals surface area contributed by atoms with Crippen LogP contribution in [0.4, 0.5) is 11.4 Å². The molecule has 0 fully saturated rings. The van der Waals surface area contributed by atoms with Crippen molar-refractivity contribution in [3.8, 4) is 0 Å². The Bertz CT molecular complexity index is 883. The summed E-state index contributed by atoms with van der Waals surface area (Å²) in [5.74, 6) is -1.08. The van der Waals surface area contributed by atoms with Crippen LogP contribution in [0.25, 0.3) is 12.2 Å². The minimum atomic E-state index is -1.08. The smallest absolute Gasteiger partial charge is 0.337 e. The summed E-state index contributed by atoms with van der Waals surface area (Å²) >= 11 is 0. The van der Waals surface area contributed by atoms with Gasteiger partial charge in [0.15, 0.2) is 0 Å². The SMILES string of the molecule is C[N+](C)(C)Cc1cc(C=Cc2ccc(N)c(C(=O)O)c2)ccc1[N+](=O)[O-]. The van der Waals surface area contributed by atoms with Gasteiger partial charge in [0.2, 0.25) is 0 Å². The minimum absolute atomic E-state index is 0.0431. The summed E-state index contributed by atoms with van der Waals surface area (Å²) < 4.78 is 0.563. The van der Waals surface area contributed by atoms with Gasteiger partial charge in [-0.05, 0) is 35.4 Å². The molecule has 0 spiro atoms. The maximum Gasteiger partial charge on any atom is 0.337 e. The maximum absolute atomic E-state index is 11.2. The van der Waals surface area contributed by atoms with Crippen molar-refractivity contribution in [3.63, 3.8) is 0 Å². The fourth-order valence-corrected chi connectivity index (χ4v) is 2.58. The average molecular weight is 356 g/mol. The summed E-state index contributed by atoms with van der Waals surface area (Å²) in [7, 11) is 5.90. The van der Waals surface area contributed by atoms with Crippen molar-refractivity contribution < 1.29 is 19.3 Å². The third-order valence-corrected chi connectivity index (χ3v) is 3.72. The number of aromatic carboxylic acids is 1. The first-order chi connectivity index (χ1) is 12.1. The molecule has 2 rings (SSSR count). The predicted molar refractivity (Wildman–Crippen MR) is 102 cm³/mol. The summed E-state index contributed by atoms with van der Waals surface area (Å²) in [6.07, 6.45) is 3.54. The standard InChI is InChI=1S/C19H21N3O4/c1-22(2,3)12-15-10-13(7-9-18(15)21(25)26)4-5-14-6-8-17(20)16(11-14)19(23)24/h4-11H,12,20H2,1-3H3/p+1. The minimum Gasteiger partial charge on any atom is -0.478 e. The van der Waals surface area contributed by atoms with Crippen LogP contribution in [0.15, 0.2) is 36.4 Å². The quantitative estimate of drug-likeness (QED) is 0.272. The highest BCUT2D eigenvalue weighted by Crippen LogP contribution is 2.24. The Morgan fingerprint density at radius 3 is 2.27 bits per heavy atom. The van der Waals surface area contributed by atoms with E-state index in [1.54, 1.807) is 36.4 Å². The van der Waals surface area contributed by atoms with Crippen LogP contribution in [-0.2, 0) is 6.54 Å². The number of carboxylic acids is 1. The third-order valence-electron chi connectivity index (χ3n) is 3.72. The second-order valence-corrected chi connectivity index (χ2v) is 7.08. The Morgan fingerprint density at radius 2 is 1.73 bits per heavy atom. The van der Waals surface area contributed by atoms with Crippen molar-refractivity contribution in [2.45, 2.75) is 6.54 Å². The molecule has 0 amide bonds. The number of nitrogens with zero attached hydrogens (tertiary/aromatic N) is 2. The number of nitro groups is 1. The molecule has 0 aliphatic heterocycles. The first-order valence-electron chi connectivity index (χ1n) is 7.95. The highest BCUT2D eigenvalue weighted by Gasteiger charge is 2.19. The summed E-state index contributed by atoms with van der Waals surface area (Å²) in [6, 6.07) is 9.71. The number of carboxylic acid groups (broad SMARTS) is 1. The van der Waals surface area contributed by atoms with Gasteiger partial charge in [-0.1, -0.05) is 18.2 Å². The molecule has 26 heavy (non-hydrogen) atoms. The lowest BCUT2D eigenvalue weighted by molar-refractivity contribution is -0.884. The molecule has 2 aromatic rings. The summed E-state index contributed by atoms with van der Waals surface area (Å²) in [5.41, 5.74) is 8.12. The van der Waals surface area contributed by atoms with Gasteiger partial charge < -0.3 is 15.3 Å². The van der Waals surface area contributed by atoms with Crippen LogP contribution in [0, 0.1) is 10.1 Å². The lowest BCUT2D eigenvalue weighted by Gasteiger charge is -2.23. The predicted octanol–water partition coefficient (Wildman–Crippen LogP) is 3.25. The number of nitrogen functional groups attached to an aromatic ring is 1. The van der Waals surface area contributed by atoms with Crippen LogP contribution in [0.2, 0.25) is 0 Å². The third kappa shape index (κ3) is 4.90. The van der Waals surface area contributed by atoms with Gasteiger partial charge in [-0.2, -0.15) is 0 Å². The number of nitrogens with two attached hydrogens (primary N) is 1. The molecule has 2 aromatic carbocycles. The molecular formula is C19H22N3O4+. The van der Waals surface area contributed by atoms with E-state index in [0.717, 1.165) is 5.56 Å². The van der Waals surface area contributed by atoms with Gasteiger partial charge >= 0.3 is 5.97 Å². The van der Waals surface area contributed by atoms with Gasteiger partial charge in [-0.3, -0.25) is 10.1 Å². The Hall–Kier alpha value is -3.19. The van der Waals surface area contributed by atoms with Crippen molar-refractivity contribution in [2.24, 2.45) is 0 Å². The van der Waals surface area contributed by atoms with E-state index in [2.05, 4.69) is 0 Å². The van der Waals surface area contributed by atoms with Crippen molar-refractivity contribution in [3.05, 3.63) is 68.8 Å². The van der Waals surface area contributed by atoms with Crippen molar-refractivity contribution >= 4 is 29.5 Å². The molecule has 0 radical (unpaired) electrons. The van der Waals surface area contributed by atoms with E-state index in [-0.39, 0.29) is 21.9 Å². The fraction of sp³-hybridized carbons (Fsp3) is 0.211. The number of anilines is 1. The molecule has 0 unspecified atom stereocenters. The molecule has 7 nitrogen and oxygen atoms in total. The summed E-state index contributed by atoms with van der Waals surface area (Å²) in [5, 5.41) is 20.4. The lowest BCUT2D eigenvalue weighted by Crippen LogP contribution is -2.33. The van der Waals surface area contributed by atoms with E-state index in [1.165, 1.54) is 12.1 Å². The van der Waals surface area contributed by atoms with Crippen LogP contribution in [0.1, 0.15) is 27.0 Å². The van der Waals surface area contributed by atoms with E-state index < -0.39 is 5.97 Å². The van der Waals surface area contributed by atoms with E-state index in [9.17, 15) is 14.9 Å². The summed E-state index contributed by atoms with van der Waals surface area (Å²) in [6.45, 7) is 0.517. The largest absolute Gasteiger partial charge is 0.478 e. The number of rotatable bonds is 6. The van der Waals surface area contributed by atoms with Crippen molar-refractivity contribution in [1.82, 2.24) is 0 Å². The number of nitro benzene ring substituents is 1. The molecule has 3 N–H and O–H groups in total. The molecule has 7 heteroatoms. The molecule has 0 aromatic heterocycles. The van der Waals surface area contributed by atoms with Gasteiger partial charge in [-0.15, -0.1) is 0 Å². The molecule has 0 saturated carbocycles. The lowest BCUT2D eigenvalue weighted by atomic mass is 10.0. The van der Waals surface area contributed by atoms with Crippen LogP contribution < -0.4 is 5.73 Å². The highest BCUT2D eigenvalue weighted by molar-refractivity contribution is 5.94. The molecular weight excluding hydrogens is 334 g/mol. The number of benzene rings is 2. The number of hydrogen-bond acceptors (Lipinski definition) is 4. The van der Waals surface area contributed by atoms with Gasteiger partial charge in [0.05, 0.1) is 37.2 Å². The highest BCUT2D eigenvalue weighted by atomic mass is 16.6. The maximum atomic E-state index is 11.2. The second-order valence-electron chi connectivity index (χ2n) is 7.08. The normalized spacial score (nSPS) is 11.7. The van der Waals surface area contributed by atoms with E-state index in [0.29, 0.717) is 22.2 Å². The Kier molecular flexibility index (Phi) is 5.42. The number of carbonyl (C=O) groups is 1. The van der Waals surface area contributed by atoms with Crippen LogP contribution in [0.5, 0.6) is 0 Å². The van der Waals surface area contributed by atoms with Crippen LogP contribution in [0.3, 0.4) is 0 Å². The van der Waals surface area contributed by atoms with E-state index in [4.69, 9.17) is 10.8 Å². The molecule has 136 valence electrons. The second kappa shape index (κ2) is 7.37. The topological polar surface area (TPSA) is 106 Å². The number of hydrogen-bond donors (Lipinski definition) is 2. The molecule has 0 saturated heterocycles. The molecule has 0 aliphatic rings. The van der Waals surface area contributed by atoms with Gasteiger partial charge in [0.25, 0.3) is 5.69 Å². The van der Waals surface area contributed by atoms with Crippen LogP contribution in [-0.4, -0.2) is 41.6 Å². The monoisotopic (exact) mass is 356 g/mol. The first-order valence-corrected chi connectivity index (χ1v) is 7.95. The first kappa shape index (κ1) is 19.1. The van der Waals surface area contributed by atoms with Crippen molar-refractivity contribution in [2.75, 3.05) is 26.9 Å². The number of quaternary nitrogens is 1.